The number of hydrogen-bond acceptors (Lipinski definition) is 7. The van der Waals surface area contributed by atoms with Crippen molar-refractivity contribution in [1.82, 2.24) is 20.2 Å². The molecule has 0 bridgehead atoms. The van der Waals surface area contributed by atoms with Crippen molar-refractivity contribution in [2.75, 3.05) is 5.73 Å². The van der Waals surface area contributed by atoms with Gasteiger partial charge in [0.1, 0.15) is 0 Å². The molecule has 0 atom stereocenters. The number of hydrogen-bond donors (Lipinski definition) is 2. The number of aromatic nitrogens is 4. The lowest BCUT2D eigenvalue weighted by Crippen LogP contribution is -2.12. The van der Waals surface area contributed by atoms with Gasteiger partial charge in [0, 0.05) is 17.6 Å². The molecular weight excluding hydrogens is 276 g/mol. The molecule has 0 aliphatic rings. The van der Waals surface area contributed by atoms with Gasteiger partial charge >= 0.3 is 0 Å². The van der Waals surface area contributed by atoms with Crippen LogP contribution in [0.5, 0.6) is 0 Å². The highest BCUT2D eigenvalue weighted by Gasteiger charge is 2.12. The Morgan fingerprint density at radius 1 is 1.39 bits per heavy atom. The molecule has 0 saturated carbocycles. The van der Waals surface area contributed by atoms with Gasteiger partial charge in [-0.2, -0.15) is 0 Å². The number of nitrogens with zero attached hydrogens (tertiary/aromatic N) is 4. The Kier molecular flexibility index (Phi) is 3.24. The maximum Gasteiger partial charge on any atom is 0.238 e. The molecule has 10 heteroatoms. The minimum Gasteiger partial charge on any atom is -0.398 e. The molecule has 2 rings (SSSR count). The van der Waals surface area contributed by atoms with Crippen LogP contribution in [0.1, 0.15) is 0 Å². The minimum absolute atomic E-state index is 0.0274. The summed E-state index contributed by atoms with van der Waals surface area (Å²) in [6.45, 7) is 0. The zero-order chi connectivity index (χ0) is 13.3. The molecule has 0 amide bonds. The molecule has 0 fully saturated rings. The smallest absolute Gasteiger partial charge is 0.238 e. The Hall–Kier alpha value is -1.65. The lowest BCUT2D eigenvalue weighted by atomic mass is 10.3. The fourth-order valence-corrected chi connectivity index (χ4v) is 2.51. The van der Waals surface area contributed by atoms with Crippen LogP contribution in [0, 0.1) is 0 Å². The molecule has 8 nitrogen and oxygen atoms in total. The third kappa shape index (κ3) is 2.60. The number of aryl methyl sites for hydroxylation is 1. The van der Waals surface area contributed by atoms with E-state index in [0.29, 0.717) is 15.7 Å². The Morgan fingerprint density at radius 2 is 2.11 bits per heavy atom. The van der Waals surface area contributed by atoms with Gasteiger partial charge in [-0.15, -0.1) is 5.10 Å². The van der Waals surface area contributed by atoms with Gasteiger partial charge in [-0.25, -0.2) is 18.2 Å². The van der Waals surface area contributed by atoms with Crippen molar-refractivity contribution in [3.8, 4) is 0 Å². The van der Waals surface area contributed by atoms with E-state index in [2.05, 4.69) is 15.5 Å². The first kappa shape index (κ1) is 12.8. The SMILES string of the molecule is Cn1nnnc1Sc1ccc(S(N)(=O)=O)cc1N. The zero-order valence-electron chi connectivity index (χ0n) is 9.31. The van der Waals surface area contributed by atoms with Crippen molar-refractivity contribution >= 4 is 27.5 Å². The average molecular weight is 286 g/mol. The van der Waals surface area contributed by atoms with Gasteiger partial charge in [0.15, 0.2) is 0 Å². The molecule has 0 aliphatic carbocycles. The van der Waals surface area contributed by atoms with E-state index < -0.39 is 10.0 Å². The van der Waals surface area contributed by atoms with Gasteiger partial charge in [-0.05, 0) is 40.4 Å². The molecule has 1 aromatic heterocycles. The number of primary sulfonamides is 1. The summed E-state index contributed by atoms with van der Waals surface area (Å²) in [7, 11) is -2.06. The molecule has 1 heterocycles. The number of anilines is 1. The van der Waals surface area contributed by atoms with Crippen molar-refractivity contribution in [3.63, 3.8) is 0 Å². The van der Waals surface area contributed by atoms with E-state index >= 15 is 0 Å². The summed E-state index contributed by atoms with van der Waals surface area (Å²) in [5.41, 5.74) is 6.07. The summed E-state index contributed by atoms with van der Waals surface area (Å²) in [6, 6.07) is 4.26. The molecule has 0 aliphatic heterocycles. The first-order valence-corrected chi connectivity index (χ1v) is 7.07. The first-order valence-electron chi connectivity index (χ1n) is 4.70. The van der Waals surface area contributed by atoms with Crippen LogP contribution in [0.4, 0.5) is 5.69 Å². The van der Waals surface area contributed by atoms with E-state index in [1.165, 1.54) is 28.6 Å². The number of rotatable bonds is 3. The van der Waals surface area contributed by atoms with Crippen molar-refractivity contribution < 1.29 is 8.42 Å². The van der Waals surface area contributed by atoms with Crippen molar-refractivity contribution in [1.29, 1.82) is 0 Å². The second-order valence-electron chi connectivity index (χ2n) is 3.43. The fourth-order valence-electron chi connectivity index (χ4n) is 1.20. The molecule has 18 heavy (non-hydrogen) atoms. The molecule has 0 unspecified atom stereocenters. The topological polar surface area (TPSA) is 130 Å². The Balaban J connectivity index is 2.34. The summed E-state index contributed by atoms with van der Waals surface area (Å²) in [4.78, 5) is 0.626. The first-order chi connectivity index (χ1) is 8.38. The van der Waals surface area contributed by atoms with Gasteiger partial charge in [-0.3, -0.25) is 0 Å². The third-order valence-electron chi connectivity index (χ3n) is 2.09. The van der Waals surface area contributed by atoms with Crippen molar-refractivity contribution in [2.24, 2.45) is 12.2 Å². The van der Waals surface area contributed by atoms with Crippen molar-refractivity contribution in [3.05, 3.63) is 18.2 Å². The highest BCUT2D eigenvalue weighted by molar-refractivity contribution is 7.99. The zero-order valence-corrected chi connectivity index (χ0v) is 10.9. The number of benzene rings is 1. The number of nitrogen functional groups attached to an aromatic ring is 1. The normalized spacial score (nSPS) is 11.7. The maximum absolute atomic E-state index is 11.1. The van der Waals surface area contributed by atoms with E-state index in [9.17, 15) is 8.42 Å². The monoisotopic (exact) mass is 286 g/mol. The van der Waals surface area contributed by atoms with Gasteiger partial charge in [0.05, 0.1) is 4.90 Å². The summed E-state index contributed by atoms with van der Waals surface area (Å²) in [5.74, 6) is 0. The number of tetrazole rings is 1. The average Bonchev–Trinajstić information content (AvgIpc) is 2.66. The predicted molar refractivity (Wildman–Crippen MR) is 65.1 cm³/mol. The molecule has 1 aromatic carbocycles. The second kappa shape index (κ2) is 4.55. The summed E-state index contributed by atoms with van der Waals surface area (Å²) < 4.78 is 23.8. The lowest BCUT2D eigenvalue weighted by Gasteiger charge is -2.05. The van der Waals surface area contributed by atoms with Crippen LogP contribution in [0.2, 0.25) is 0 Å². The maximum atomic E-state index is 11.1. The highest BCUT2D eigenvalue weighted by atomic mass is 32.2. The van der Waals surface area contributed by atoms with Crippen LogP contribution in [0.15, 0.2) is 33.1 Å². The third-order valence-corrected chi connectivity index (χ3v) is 4.12. The second-order valence-corrected chi connectivity index (χ2v) is 6.00. The standard InChI is InChI=1S/C8H10N6O2S2/c1-14-8(11-12-13-14)17-7-3-2-5(4-6(7)9)18(10,15)16/h2-4H,9H2,1H3,(H2,10,15,16). The molecule has 0 radical (unpaired) electrons. The van der Waals surface area contributed by atoms with Crippen LogP contribution in [0.25, 0.3) is 0 Å². The molecule has 4 N–H and O–H groups in total. The largest absolute Gasteiger partial charge is 0.398 e. The summed E-state index contributed by atoms with van der Waals surface area (Å²) >= 11 is 1.23. The Labute approximate surface area is 107 Å². The predicted octanol–water partition coefficient (Wildman–Crippen LogP) is -0.409. The van der Waals surface area contributed by atoms with Crippen LogP contribution < -0.4 is 10.9 Å². The van der Waals surface area contributed by atoms with E-state index in [-0.39, 0.29) is 4.90 Å². The van der Waals surface area contributed by atoms with Gasteiger partial charge in [0.25, 0.3) is 0 Å². The summed E-state index contributed by atoms with van der Waals surface area (Å²) in [6.07, 6.45) is 0. The molecular formula is C8H10N6O2S2. The van der Waals surface area contributed by atoms with Gasteiger partial charge < -0.3 is 5.73 Å². The Morgan fingerprint density at radius 3 is 2.61 bits per heavy atom. The van der Waals surface area contributed by atoms with E-state index in [1.54, 1.807) is 13.1 Å². The van der Waals surface area contributed by atoms with Gasteiger partial charge in [0.2, 0.25) is 15.2 Å². The van der Waals surface area contributed by atoms with Gasteiger partial charge in [-0.1, -0.05) is 0 Å². The number of sulfonamides is 1. The van der Waals surface area contributed by atoms with Crippen LogP contribution in [-0.4, -0.2) is 28.6 Å². The molecule has 96 valence electrons. The Bertz CT molecular complexity index is 681. The quantitative estimate of drug-likeness (QED) is 0.733. The van der Waals surface area contributed by atoms with E-state index in [0.717, 1.165) is 0 Å². The minimum atomic E-state index is -3.75. The summed E-state index contributed by atoms with van der Waals surface area (Å²) in [5, 5.41) is 16.5. The van der Waals surface area contributed by atoms with Crippen LogP contribution >= 0.6 is 11.8 Å². The molecule has 2 aromatic rings. The fraction of sp³-hybridized carbons (Fsp3) is 0.125. The van der Waals surface area contributed by atoms with E-state index in [4.69, 9.17) is 10.9 Å². The highest BCUT2D eigenvalue weighted by Crippen LogP contribution is 2.31. The van der Waals surface area contributed by atoms with E-state index in [1.807, 2.05) is 0 Å². The molecule has 0 saturated heterocycles. The molecule has 0 spiro atoms. The van der Waals surface area contributed by atoms with Crippen LogP contribution in [0.3, 0.4) is 0 Å². The number of nitrogens with two attached hydrogens (primary N) is 2. The van der Waals surface area contributed by atoms with Crippen LogP contribution in [-0.2, 0) is 17.1 Å². The van der Waals surface area contributed by atoms with Crippen molar-refractivity contribution in [2.45, 2.75) is 14.9 Å². The lowest BCUT2D eigenvalue weighted by molar-refractivity contribution is 0.598.